The van der Waals surface area contributed by atoms with E-state index in [1.165, 1.54) is 0 Å². The predicted molar refractivity (Wildman–Crippen MR) is 82.6 cm³/mol. The molecule has 2 N–H and O–H groups in total. The van der Waals surface area contributed by atoms with Crippen LogP contribution in [-0.2, 0) is 0 Å². The third-order valence-corrected chi connectivity index (χ3v) is 3.95. The van der Waals surface area contributed by atoms with Crippen LogP contribution in [0.25, 0.3) is 0 Å². The molecule has 2 nitrogen and oxygen atoms in total. The van der Waals surface area contributed by atoms with Crippen LogP contribution >= 0.6 is 15.9 Å². The van der Waals surface area contributed by atoms with E-state index in [1.807, 2.05) is 26.0 Å². The van der Waals surface area contributed by atoms with E-state index in [0.29, 0.717) is 15.8 Å². The molecule has 2 aromatic rings. The lowest BCUT2D eigenvalue weighted by atomic mass is 9.93. The van der Waals surface area contributed by atoms with Crippen LogP contribution < -0.4 is 10.5 Å². The molecule has 0 fully saturated rings. The van der Waals surface area contributed by atoms with Gasteiger partial charge in [-0.25, -0.2) is 4.39 Å². The molecular weight excluding hydrogens is 321 g/mol. The molecule has 0 aliphatic rings. The molecule has 2 rings (SSSR count). The van der Waals surface area contributed by atoms with Crippen LogP contribution in [0.1, 0.15) is 28.3 Å². The summed E-state index contributed by atoms with van der Waals surface area (Å²) in [4.78, 5) is 0. The number of hydrogen-bond donors (Lipinski definition) is 1. The third-order valence-electron chi connectivity index (χ3n) is 3.34. The van der Waals surface area contributed by atoms with E-state index in [0.717, 1.165) is 16.7 Å². The van der Waals surface area contributed by atoms with Crippen LogP contribution in [0.3, 0.4) is 0 Å². The number of benzene rings is 2. The highest BCUT2D eigenvalue weighted by atomic mass is 79.9. The summed E-state index contributed by atoms with van der Waals surface area (Å²) in [6.07, 6.45) is 0. The lowest BCUT2D eigenvalue weighted by Gasteiger charge is -2.20. The van der Waals surface area contributed by atoms with Gasteiger partial charge in [-0.15, -0.1) is 0 Å². The molecular formula is C16H17BrFNO. The number of ether oxygens (including phenoxy) is 1. The zero-order valence-corrected chi connectivity index (χ0v) is 13.3. The number of halogens is 2. The van der Waals surface area contributed by atoms with Gasteiger partial charge in [0.2, 0.25) is 0 Å². The zero-order valence-electron chi connectivity index (χ0n) is 11.7. The number of rotatable bonds is 3. The van der Waals surface area contributed by atoms with Crippen molar-refractivity contribution in [2.75, 3.05) is 7.11 Å². The molecule has 0 saturated heterocycles. The van der Waals surface area contributed by atoms with Crippen LogP contribution in [0.15, 0.2) is 34.8 Å². The van der Waals surface area contributed by atoms with E-state index in [9.17, 15) is 4.39 Å². The lowest BCUT2D eigenvalue weighted by molar-refractivity contribution is 0.406. The molecule has 0 aromatic heterocycles. The van der Waals surface area contributed by atoms with Crippen LogP contribution in [0.2, 0.25) is 0 Å². The Morgan fingerprint density at radius 3 is 2.60 bits per heavy atom. The first-order chi connectivity index (χ1) is 9.45. The summed E-state index contributed by atoms with van der Waals surface area (Å²) in [5, 5.41) is 0. The number of hydrogen-bond acceptors (Lipinski definition) is 2. The fourth-order valence-electron chi connectivity index (χ4n) is 2.42. The highest BCUT2D eigenvalue weighted by Gasteiger charge is 2.21. The highest BCUT2D eigenvalue weighted by molar-refractivity contribution is 9.10. The molecule has 0 aliphatic carbocycles. The maximum absolute atomic E-state index is 14.2. The number of aryl methyl sites for hydroxylation is 2. The molecule has 0 saturated carbocycles. The predicted octanol–water partition coefficient (Wildman–Crippen LogP) is 4.26. The molecule has 20 heavy (non-hydrogen) atoms. The Labute approximate surface area is 126 Å². The van der Waals surface area contributed by atoms with Gasteiger partial charge in [-0.1, -0.05) is 18.2 Å². The maximum atomic E-state index is 14.2. The summed E-state index contributed by atoms with van der Waals surface area (Å²) < 4.78 is 20.0. The van der Waals surface area contributed by atoms with Crippen molar-refractivity contribution in [2.45, 2.75) is 19.9 Å². The monoisotopic (exact) mass is 337 g/mol. The molecule has 0 radical (unpaired) electrons. The van der Waals surface area contributed by atoms with E-state index in [-0.39, 0.29) is 5.82 Å². The van der Waals surface area contributed by atoms with Crippen molar-refractivity contribution in [3.05, 3.63) is 62.9 Å². The fraction of sp³-hybridized carbons (Fsp3) is 0.250. The van der Waals surface area contributed by atoms with Gasteiger partial charge < -0.3 is 10.5 Å². The zero-order chi connectivity index (χ0) is 14.9. The summed E-state index contributed by atoms with van der Waals surface area (Å²) in [6, 6.07) is 8.50. The molecule has 1 atom stereocenters. The Balaban J connectivity index is 2.59. The van der Waals surface area contributed by atoms with E-state index in [4.69, 9.17) is 10.5 Å². The topological polar surface area (TPSA) is 35.2 Å². The molecule has 0 heterocycles. The summed E-state index contributed by atoms with van der Waals surface area (Å²) in [5.74, 6) is 0.358. The molecule has 0 amide bonds. The molecule has 0 bridgehead atoms. The van der Waals surface area contributed by atoms with Gasteiger partial charge in [0.05, 0.1) is 17.6 Å². The van der Waals surface area contributed by atoms with Crippen molar-refractivity contribution in [1.82, 2.24) is 0 Å². The van der Waals surface area contributed by atoms with Crippen LogP contribution in [-0.4, -0.2) is 7.11 Å². The second-order valence-electron chi connectivity index (χ2n) is 4.82. The van der Waals surface area contributed by atoms with Gasteiger partial charge in [-0.05, 0) is 53.0 Å². The van der Waals surface area contributed by atoms with Crippen molar-refractivity contribution >= 4 is 15.9 Å². The minimum Gasteiger partial charge on any atom is -0.496 e. The Morgan fingerprint density at radius 2 is 1.95 bits per heavy atom. The van der Waals surface area contributed by atoms with E-state index in [2.05, 4.69) is 15.9 Å². The summed E-state index contributed by atoms with van der Waals surface area (Å²) in [5.41, 5.74) is 9.62. The molecule has 106 valence electrons. The number of methoxy groups -OCH3 is 1. The lowest BCUT2D eigenvalue weighted by Crippen LogP contribution is -2.16. The van der Waals surface area contributed by atoms with Crippen LogP contribution in [0.4, 0.5) is 4.39 Å². The molecule has 1 unspecified atom stereocenters. The van der Waals surface area contributed by atoms with E-state index < -0.39 is 6.04 Å². The van der Waals surface area contributed by atoms with Crippen LogP contribution in [0, 0.1) is 19.7 Å². The van der Waals surface area contributed by atoms with Gasteiger partial charge >= 0.3 is 0 Å². The Hall–Kier alpha value is -1.39. The standard InChI is InChI=1S/C16H17BrFNO/c1-9-7-10(2)14(13(8-9)20-3)16(19)11-5-4-6-12(17)15(11)18/h4-8,16H,19H2,1-3H3. The molecule has 0 aliphatic heterocycles. The smallest absolute Gasteiger partial charge is 0.142 e. The van der Waals surface area contributed by atoms with Gasteiger partial charge in [-0.2, -0.15) is 0 Å². The van der Waals surface area contributed by atoms with Crippen molar-refractivity contribution in [3.8, 4) is 5.75 Å². The fourth-order valence-corrected chi connectivity index (χ4v) is 2.80. The average Bonchev–Trinajstić information content (AvgIpc) is 2.40. The first-order valence-electron chi connectivity index (χ1n) is 6.30. The largest absolute Gasteiger partial charge is 0.496 e. The summed E-state index contributed by atoms with van der Waals surface area (Å²) in [6.45, 7) is 3.95. The number of nitrogens with two attached hydrogens (primary N) is 1. The Bertz CT molecular complexity index is 643. The van der Waals surface area contributed by atoms with Crippen molar-refractivity contribution < 1.29 is 9.13 Å². The summed E-state index contributed by atoms with van der Waals surface area (Å²) in [7, 11) is 1.60. The van der Waals surface area contributed by atoms with Crippen molar-refractivity contribution in [1.29, 1.82) is 0 Å². The van der Waals surface area contributed by atoms with Gasteiger partial charge in [0.15, 0.2) is 0 Å². The maximum Gasteiger partial charge on any atom is 0.142 e. The molecule has 2 aromatic carbocycles. The third kappa shape index (κ3) is 2.72. The van der Waals surface area contributed by atoms with Crippen molar-refractivity contribution in [3.63, 3.8) is 0 Å². The van der Waals surface area contributed by atoms with Crippen molar-refractivity contribution in [2.24, 2.45) is 5.73 Å². The van der Waals surface area contributed by atoms with E-state index in [1.54, 1.807) is 25.3 Å². The van der Waals surface area contributed by atoms with Crippen LogP contribution in [0.5, 0.6) is 5.75 Å². The van der Waals surface area contributed by atoms with E-state index >= 15 is 0 Å². The minimum absolute atomic E-state index is 0.331. The summed E-state index contributed by atoms with van der Waals surface area (Å²) >= 11 is 3.19. The molecule has 0 spiro atoms. The Kier molecular flexibility index (Phi) is 4.45. The second kappa shape index (κ2) is 5.94. The van der Waals surface area contributed by atoms with Gasteiger partial charge in [0, 0.05) is 11.1 Å². The quantitative estimate of drug-likeness (QED) is 0.907. The highest BCUT2D eigenvalue weighted by Crippen LogP contribution is 2.34. The second-order valence-corrected chi connectivity index (χ2v) is 5.67. The minimum atomic E-state index is -0.567. The first kappa shape index (κ1) is 15.0. The normalized spacial score (nSPS) is 12.3. The molecule has 4 heteroatoms. The van der Waals surface area contributed by atoms with Gasteiger partial charge in [0.1, 0.15) is 11.6 Å². The van der Waals surface area contributed by atoms with Gasteiger partial charge in [0.25, 0.3) is 0 Å². The average molecular weight is 338 g/mol. The SMILES string of the molecule is COc1cc(C)cc(C)c1C(N)c1cccc(Br)c1F. The first-order valence-corrected chi connectivity index (χ1v) is 7.09. The Morgan fingerprint density at radius 1 is 1.25 bits per heavy atom. The van der Waals surface area contributed by atoms with Gasteiger partial charge in [-0.3, -0.25) is 0 Å².